The van der Waals surface area contributed by atoms with Gasteiger partial charge < -0.3 is 10.2 Å². The minimum atomic E-state index is 0.236. The first-order chi connectivity index (χ1) is 7.92. The molecule has 1 N–H and O–H groups in total. The maximum absolute atomic E-state index is 5.83. The number of ether oxygens (including phenoxy) is 1. The Balaban J connectivity index is 1.60. The second-order valence-corrected chi connectivity index (χ2v) is 4.00. The van der Waals surface area contributed by atoms with Crippen LogP contribution in [0.25, 0.3) is 0 Å². The molecule has 82 valence electrons. The topological polar surface area (TPSA) is 26.2 Å². The van der Waals surface area contributed by atoms with Gasteiger partial charge in [0.25, 0.3) is 0 Å². The summed E-state index contributed by atoms with van der Waals surface area (Å²) in [5.41, 5.74) is 4.60. The molecule has 0 amide bonds. The first-order valence-corrected chi connectivity index (χ1v) is 5.53. The summed E-state index contributed by atoms with van der Waals surface area (Å²) in [7, 11) is 0. The van der Waals surface area contributed by atoms with Gasteiger partial charge in [0.1, 0.15) is 11.9 Å². The first kappa shape index (κ1) is 9.33. The zero-order chi connectivity index (χ0) is 10.8. The van der Waals surface area contributed by atoms with Crippen molar-refractivity contribution < 1.29 is 4.74 Å². The van der Waals surface area contributed by atoms with Gasteiger partial charge in [0.15, 0.2) is 0 Å². The molecule has 3 nitrogen and oxygen atoms in total. The van der Waals surface area contributed by atoms with E-state index in [1.165, 1.54) is 5.56 Å². The minimum Gasteiger partial charge on any atom is -0.488 e. The lowest BCUT2D eigenvalue weighted by Gasteiger charge is -2.13. The molecule has 1 aliphatic rings. The molecule has 2 heterocycles. The van der Waals surface area contributed by atoms with Crippen LogP contribution in [-0.2, 0) is 6.42 Å². The van der Waals surface area contributed by atoms with Crippen LogP contribution in [0.3, 0.4) is 0 Å². The average molecular weight is 214 g/mol. The van der Waals surface area contributed by atoms with Crippen molar-refractivity contribution in [3.8, 4) is 5.75 Å². The summed E-state index contributed by atoms with van der Waals surface area (Å²) in [6, 6.07) is 12.2. The second kappa shape index (κ2) is 3.93. The van der Waals surface area contributed by atoms with Gasteiger partial charge in [-0.05, 0) is 23.8 Å². The Kier molecular flexibility index (Phi) is 2.29. The minimum absolute atomic E-state index is 0.236. The monoisotopic (exact) mass is 214 g/mol. The van der Waals surface area contributed by atoms with Gasteiger partial charge in [-0.1, -0.05) is 18.2 Å². The van der Waals surface area contributed by atoms with Crippen LogP contribution >= 0.6 is 0 Å². The fourth-order valence-electron chi connectivity index (χ4n) is 2.01. The SMILES string of the molecule is c1ccc2c(c1)CC(CNn1cccc1)O2. The molecule has 1 aromatic carbocycles. The summed E-state index contributed by atoms with van der Waals surface area (Å²) in [5.74, 6) is 1.03. The summed E-state index contributed by atoms with van der Waals surface area (Å²) in [6.45, 7) is 0.823. The van der Waals surface area contributed by atoms with Gasteiger partial charge in [-0.25, -0.2) is 0 Å². The average Bonchev–Trinajstić information content (AvgIpc) is 2.95. The van der Waals surface area contributed by atoms with Gasteiger partial charge in [-0.15, -0.1) is 0 Å². The molecule has 0 aliphatic carbocycles. The number of fused-ring (bicyclic) bond motifs is 1. The van der Waals surface area contributed by atoms with Crippen molar-refractivity contribution in [1.29, 1.82) is 0 Å². The zero-order valence-electron chi connectivity index (χ0n) is 8.97. The molecule has 1 atom stereocenters. The fraction of sp³-hybridized carbons (Fsp3) is 0.231. The van der Waals surface area contributed by atoms with Crippen LogP contribution in [0.1, 0.15) is 5.56 Å². The Morgan fingerprint density at radius 2 is 2.00 bits per heavy atom. The Bertz CT molecular complexity index is 440. The molecule has 3 rings (SSSR count). The smallest absolute Gasteiger partial charge is 0.123 e. The van der Waals surface area contributed by atoms with Crippen molar-refractivity contribution in [2.45, 2.75) is 12.5 Å². The molecule has 16 heavy (non-hydrogen) atoms. The Morgan fingerprint density at radius 1 is 1.19 bits per heavy atom. The van der Waals surface area contributed by atoms with Gasteiger partial charge in [-0.3, -0.25) is 4.68 Å². The van der Waals surface area contributed by atoms with Crippen molar-refractivity contribution in [2.75, 3.05) is 12.0 Å². The van der Waals surface area contributed by atoms with E-state index < -0.39 is 0 Å². The van der Waals surface area contributed by atoms with E-state index in [1.807, 2.05) is 41.3 Å². The van der Waals surface area contributed by atoms with E-state index in [1.54, 1.807) is 0 Å². The molecule has 0 fully saturated rings. The second-order valence-electron chi connectivity index (χ2n) is 4.00. The van der Waals surface area contributed by atoms with E-state index in [4.69, 9.17) is 4.74 Å². The van der Waals surface area contributed by atoms with Crippen molar-refractivity contribution >= 4 is 0 Å². The summed E-state index contributed by atoms with van der Waals surface area (Å²) < 4.78 is 7.78. The third kappa shape index (κ3) is 1.76. The van der Waals surface area contributed by atoms with E-state index in [0.29, 0.717) is 0 Å². The highest BCUT2D eigenvalue weighted by atomic mass is 16.5. The standard InChI is InChI=1S/C13H14N2O/c1-2-6-13-11(5-1)9-12(16-13)10-14-15-7-3-4-8-15/h1-8,12,14H,9-10H2. The molecule has 0 spiro atoms. The van der Waals surface area contributed by atoms with Crippen LogP contribution in [0.2, 0.25) is 0 Å². The number of nitrogens with one attached hydrogen (secondary N) is 1. The Labute approximate surface area is 94.6 Å². The highest BCUT2D eigenvalue weighted by Crippen LogP contribution is 2.27. The Hall–Kier alpha value is -1.90. The van der Waals surface area contributed by atoms with Crippen molar-refractivity contribution in [1.82, 2.24) is 4.68 Å². The number of para-hydroxylation sites is 1. The van der Waals surface area contributed by atoms with E-state index >= 15 is 0 Å². The largest absolute Gasteiger partial charge is 0.488 e. The van der Waals surface area contributed by atoms with Gasteiger partial charge >= 0.3 is 0 Å². The van der Waals surface area contributed by atoms with E-state index in [0.717, 1.165) is 18.7 Å². The van der Waals surface area contributed by atoms with Crippen LogP contribution < -0.4 is 10.2 Å². The maximum atomic E-state index is 5.83. The lowest BCUT2D eigenvalue weighted by atomic mass is 10.1. The fourth-order valence-corrected chi connectivity index (χ4v) is 2.01. The van der Waals surface area contributed by atoms with Gasteiger partial charge in [0, 0.05) is 18.8 Å². The molecule has 0 saturated carbocycles. The number of nitrogens with zero attached hydrogens (tertiary/aromatic N) is 1. The number of rotatable bonds is 3. The molecule has 2 aromatic rings. The number of hydrogen-bond acceptors (Lipinski definition) is 2. The molecule has 3 heteroatoms. The van der Waals surface area contributed by atoms with Gasteiger partial charge in [-0.2, -0.15) is 0 Å². The summed E-state index contributed by atoms with van der Waals surface area (Å²) in [6.07, 6.45) is 5.20. The molecule has 1 aromatic heterocycles. The quantitative estimate of drug-likeness (QED) is 0.846. The van der Waals surface area contributed by atoms with E-state index in [2.05, 4.69) is 17.6 Å². The highest BCUT2D eigenvalue weighted by molar-refractivity contribution is 5.37. The molecule has 0 radical (unpaired) electrons. The third-order valence-electron chi connectivity index (χ3n) is 2.82. The third-order valence-corrected chi connectivity index (χ3v) is 2.82. The molecule has 1 aliphatic heterocycles. The van der Waals surface area contributed by atoms with E-state index in [9.17, 15) is 0 Å². The normalized spacial score (nSPS) is 17.9. The molecule has 0 saturated heterocycles. The van der Waals surface area contributed by atoms with Crippen molar-refractivity contribution in [3.63, 3.8) is 0 Å². The lowest BCUT2D eigenvalue weighted by molar-refractivity contribution is 0.242. The van der Waals surface area contributed by atoms with Crippen LogP contribution in [-0.4, -0.2) is 17.3 Å². The lowest BCUT2D eigenvalue weighted by Crippen LogP contribution is -2.28. The number of aromatic nitrogens is 1. The van der Waals surface area contributed by atoms with Crippen molar-refractivity contribution in [2.24, 2.45) is 0 Å². The predicted octanol–water partition coefficient (Wildman–Crippen LogP) is 2.04. The van der Waals surface area contributed by atoms with Crippen LogP contribution in [0, 0.1) is 0 Å². The predicted molar refractivity (Wildman–Crippen MR) is 63.2 cm³/mol. The molecular weight excluding hydrogens is 200 g/mol. The Morgan fingerprint density at radius 3 is 2.81 bits per heavy atom. The summed E-state index contributed by atoms with van der Waals surface area (Å²) in [5, 5.41) is 0. The maximum Gasteiger partial charge on any atom is 0.123 e. The van der Waals surface area contributed by atoms with Crippen molar-refractivity contribution in [3.05, 3.63) is 54.4 Å². The summed E-state index contributed by atoms with van der Waals surface area (Å²) >= 11 is 0. The van der Waals surface area contributed by atoms with Gasteiger partial charge in [0.2, 0.25) is 0 Å². The molecule has 0 bridgehead atoms. The van der Waals surface area contributed by atoms with Crippen LogP contribution in [0.4, 0.5) is 0 Å². The van der Waals surface area contributed by atoms with Crippen LogP contribution in [0.5, 0.6) is 5.75 Å². The first-order valence-electron chi connectivity index (χ1n) is 5.53. The zero-order valence-corrected chi connectivity index (χ0v) is 8.97. The molecule has 1 unspecified atom stereocenters. The van der Waals surface area contributed by atoms with Gasteiger partial charge in [0.05, 0.1) is 6.54 Å². The molecular formula is C13H14N2O. The number of hydrogen-bond donors (Lipinski definition) is 1. The number of benzene rings is 1. The highest BCUT2D eigenvalue weighted by Gasteiger charge is 2.21. The summed E-state index contributed by atoms with van der Waals surface area (Å²) in [4.78, 5) is 0. The van der Waals surface area contributed by atoms with E-state index in [-0.39, 0.29) is 6.10 Å². The van der Waals surface area contributed by atoms with Crippen LogP contribution in [0.15, 0.2) is 48.8 Å².